The summed E-state index contributed by atoms with van der Waals surface area (Å²) >= 11 is 0. The first-order valence-electron chi connectivity index (χ1n) is 8.87. The molecule has 132 valence electrons. The highest BCUT2D eigenvalue weighted by Crippen LogP contribution is 2.22. The van der Waals surface area contributed by atoms with E-state index in [2.05, 4.69) is 14.9 Å². The number of hydrogen-bond acceptors (Lipinski definition) is 5. The number of carbonyl (C=O) groups is 1. The number of nitrogens with zero attached hydrogens (tertiary/aromatic N) is 5. The molecule has 2 aliphatic rings. The van der Waals surface area contributed by atoms with E-state index in [1.165, 1.54) is 0 Å². The number of anilines is 1. The maximum Gasteiger partial charge on any atom is 0.320 e. The van der Waals surface area contributed by atoms with Gasteiger partial charge in [-0.2, -0.15) is 0 Å². The number of hydrogen-bond donors (Lipinski definition) is 1. The van der Waals surface area contributed by atoms with Gasteiger partial charge in [-0.1, -0.05) is 12.1 Å². The molecule has 2 aromatic rings. The Bertz CT molecular complexity index is 786. The predicted octanol–water partition coefficient (Wildman–Crippen LogP) is 1.54. The standard InChI is InChI=1S/C18H24N6O/c1-22-10-11-24(18(22)25)13-6-8-23(9-7-13)12-16-20-15-5-3-2-4-14(15)17(19)21-16/h2-5,13H,6-12H2,1H3,(H2,19,20,21). The number of aromatic nitrogens is 2. The summed E-state index contributed by atoms with van der Waals surface area (Å²) in [5, 5.41) is 0.904. The Morgan fingerprint density at radius 3 is 2.60 bits per heavy atom. The molecule has 0 atom stereocenters. The van der Waals surface area contributed by atoms with Gasteiger partial charge < -0.3 is 15.5 Å². The van der Waals surface area contributed by atoms with Gasteiger partial charge in [0.25, 0.3) is 0 Å². The molecular weight excluding hydrogens is 316 g/mol. The number of urea groups is 1. The van der Waals surface area contributed by atoms with Crippen LogP contribution in [0.25, 0.3) is 10.9 Å². The van der Waals surface area contributed by atoms with E-state index in [1.807, 2.05) is 36.2 Å². The SMILES string of the molecule is CN1CCN(C2CCN(Cc3nc(N)c4ccccc4n3)CC2)C1=O. The first kappa shape index (κ1) is 16.1. The number of amides is 2. The molecule has 2 saturated heterocycles. The third-order valence-electron chi connectivity index (χ3n) is 5.29. The lowest BCUT2D eigenvalue weighted by Crippen LogP contribution is -2.46. The molecule has 2 N–H and O–H groups in total. The Morgan fingerprint density at radius 2 is 1.88 bits per heavy atom. The van der Waals surface area contributed by atoms with Crippen LogP contribution in [0.1, 0.15) is 18.7 Å². The van der Waals surface area contributed by atoms with Gasteiger partial charge in [-0.25, -0.2) is 14.8 Å². The molecule has 3 heterocycles. The molecule has 0 spiro atoms. The van der Waals surface area contributed by atoms with E-state index in [4.69, 9.17) is 5.73 Å². The quantitative estimate of drug-likeness (QED) is 0.917. The second-order valence-corrected chi connectivity index (χ2v) is 6.95. The van der Waals surface area contributed by atoms with Crippen molar-refractivity contribution in [3.63, 3.8) is 0 Å². The minimum absolute atomic E-state index is 0.170. The van der Waals surface area contributed by atoms with Crippen molar-refractivity contribution in [2.24, 2.45) is 0 Å². The molecule has 2 aliphatic heterocycles. The number of para-hydroxylation sites is 1. The predicted molar refractivity (Wildman–Crippen MR) is 97.0 cm³/mol. The average molecular weight is 340 g/mol. The molecule has 0 saturated carbocycles. The smallest absolute Gasteiger partial charge is 0.320 e. The van der Waals surface area contributed by atoms with E-state index in [-0.39, 0.29) is 6.03 Å². The summed E-state index contributed by atoms with van der Waals surface area (Å²) in [6, 6.07) is 8.36. The zero-order valence-corrected chi connectivity index (χ0v) is 14.6. The monoisotopic (exact) mass is 340 g/mol. The first-order valence-corrected chi connectivity index (χ1v) is 8.87. The van der Waals surface area contributed by atoms with E-state index < -0.39 is 0 Å². The normalized spacial score (nSPS) is 20.0. The van der Waals surface area contributed by atoms with Gasteiger partial charge in [0, 0.05) is 44.7 Å². The lowest BCUT2D eigenvalue weighted by molar-refractivity contribution is 0.126. The van der Waals surface area contributed by atoms with Gasteiger partial charge >= 0.3 is 6.03 Å². The van der Waals surface area contributed by atoms with Crippen LogP contribution >= 0.6 is 0 Å². The van der Waals surface area contributed by atoms with Crippen molar-refractivity contribution < 1.29 is 4.79 Å². The van der Waals surface area contributed by atoms with Gasteiger partial charge in [-0.3, -0.25) is 4.90 Å². The number of carbonyl (C=O) groups excluding carboxylic acids is 1. The van der Waals surface area contributed by atoms with Crippen molar-refractivity contribution in [2.75, 3.05) is 39.0 Å². The van der Waals surface area contributed by atoms with Gasteiger partial charge in [0.05, 0.1) is 12.1 Å². The minimum atomic E-state index is 0.170. The maximum absolute atomic E-state index is 12.1. The molecule has 0 unspecified atom stereocenters. The summed E-state index contributed by atoms with van der Waals surface area (Å²) in [5.74, 6) is 1.31. The Labute approximate surface area is 147 Å². The number of benzene rings is 1. The Balaban J connectivity index is 1.40. The van der Waals surface area contributed by atoms with Crippen LogP contribution in [-0.2, 0) is 6.54 Å². The van der Waals surface area contributed by atoms with E-state index >= 15 is 0 Å². The van der Waals surface area contributed by atoms with Crippen LogP contribution in [0.3, 0.4) is 0 Å². The summed E-state index contributed by atoms with van der Waals surface area (Å²) in [7, 11) is 1.87. The van der Waals surface area contributed by atoms with Crippen molar-refractivity contribution in [1.29, 1.82) is 0 Å². The Kier molecular flexibility index (Phi) is 4.17. The van der Waals surface area contributed by atoms with Crippen LogP contribution < -0.4 is 5.73 Å². The third-order valence-corrected chi connectivity index (χ3v) is 5.29. The highest BCUT2D eigenvalue weighted by Gasteiger charge is 2.33. The molecule has 0 radical (unpaired) electrons. The molecule has 2 amide bonds. The largest absolute Gasteiger partial charge is 0.383 e. The van der Waals surface area contributed by atoms with Gasteiger partial charge in [0.2, 0.25) is 0 Å². The number of likely N-dealkylation sites (tertiary alicyclic amines) is 1. The van der Waals surface area contributed by atoms with E-state index in [1.54, 1.807) is 4.90 Å². The van der Waals surface area contributed by atoms with Crippen LogP contribution in [0.4, 0.5) is 10.6 Å². The topological polar surface area (TPSA) is 78.6 Å². The maximum atomic E-state index is 12.1. The Hall–Kier alpha value is -2.41. The lowest BCUT2D eigenvalue weighted by Gasteiger charge is -2.36. The van der Waals surface area contributed by atoms with Crippen LogP contribution in [-0.4, -0.2) is 70.0 Å². The highest BCUT2D eigenvalue weighted by atomic mass is 16.2. The minimum Gasteiger partial charge on any atom is -0.383 e. The molecule has 7 heteroatoms. The van der Waals surface area contributed by atoms with Crippen molar-refractivity contribution in [3.8, 4) is 0 Å². The van der Waals surface area contributed by atoms with E-state index in [9.17, 15) is 4.79 Å². The van der Waals surface area contributed by atoms with Gasteiger partial charge in [-0.15, -0.1) is 0 Å². The lowest BCUT2D eigenvalue weighted by atomic mass is 10.0. The van der Waals surface area contributed by atoms with Crippen molar-refractivity contribution >= 4 is 22.8 Å². The second kappa shape index (κ2) is 6.48. The molecular formula is C18H24N6O. The summed E-state index contributed by atoms with van der Waals surface area (Å²) < 4.78 is 0. The molecule has 1 aromatic carbocycles. The zero-order chi connectivity index (χ0) is 17.4. The van der Waals surface area contributed by atoms with Crippen LogP contribution in [0.15, 0.2) is 24.3 Å². The Morgan fingerprint density at radius 1 is 1.12 bits per heavy atom. The molecule has 4 rings (SSSR count). The third kappa shape index (κ3) is 3.11. The first-order chi connectivity index (χ1) is 12.1. The van der Waals surface area contributed by atoms with Crippen LogP contribution in [0.5, 0.6) is 0 Å². The summed E-state index contributed by atoms with van der Waals surface area (Å²) in [5.41, 5.74) is 6.97. The summed E-state index contributed by atoms with van der Waals surface area (Å²) in [6.45, 7) is 4.30. The van der Waals surface area contributed by atoms with Crippen molar-refractivity contribution in [2.45, 2.75) is 25.4 Å². The number of fused-ring (bicyclic) bond motifs is 1. The van der Waals surface area contributed by atoms with E-state index in [0.29, 0.717) is 18.4 Å². The van der Waals surface area contributed by atoms with Crippen LogP contribution in [0.2, 0.25) is 0 Å². The fourth-order valence-corrected chi connectivity index (χ4v) is 3.82. The molecule has 0 aliphatic carbocycles. The second-order valence-electron chi connectivity index (χ2n) is 6.95. The number of nitrogens with two attached hydrogens (primary N) is 1. The van der Waals surface area contributed by atoms with Gasteiger partial charge in [0.15, 0.2) is 0 Å². The van der Waals surface area contributed by atoms with Crippen molar-refractivity contribution in [1.82, 2.24) is 24.7 Å². The molecule has 0 bridgehead atoms. The van der Waals surface area contributed by atoms with Gasteiger partial charge in [0.1, 0.15) is 11.6 Å². The molecule has 25 heavy (non-hydrogen) atoms. The van der Waals surface area contributed by atoms with Gasteiger partial charge in [-0.05, 0) is 25.0 Å². The van der Waals surface area contributed by atoms with Crippen LogP contribution in [0, 0.1) is 0 Å². The average Bonchev–Trinajstić information content (AvgIpc) is 2.95. The number of nitrogen functional groups attached to an aromatic ring is 1. The van der Waals surface area contributed by atoms with Crippen molar-refractivity contribution in [3.05, 3.63) is 30.1 Å². The number of rotatable bonds is 3. The van der Waals surface area contributed by atoms with E-state index in [0.717, 1.165) is 55.7 Å². The number of piperidine rings is 1. The molecule has 1 aromatic heterocycles. The molecule has 2 fully saturated rings. The summed E-state index contributed by atoms with van der Waals surface area (Å²) in [6.07, 6.45) is 2.01. The fourth-order valence-electron chi connectivity index (χ4n) is 3.82. The highest BCUT2D eigenvalue weighted by molar-refractivity contribution is 5.87. The summed E-state index contributed by atoms with van der Waals surface area (Å²) in [4.78, 5) is 27.4. The number of likely N-dealkylation sites (N-methyl/N-ethyl adjacent to an activating group) is 1. The molecule has 7 nitrogen and oxygen atoms in total. The fraction of sp³-hybridized carbons (Fsp3) is 0.500. The zero-order valence-electron chi connectivity index (χ0n) is 14.6.